The van der Waals surface area contributed by atoms with Gasteiger partial charge in [0.15, 0.2) is 0 Å². The van der Waals surface area contributed by atoms with Crippen molar-refractivity contribution < 1.29 is 9.53 Å². The Morgan fingerprint density at radius 3 is 2.95 bits per heavy atom. The van der Waals surface area contributed by atoms with Gasteiger partial charge in [-0.2, -0.15) is 0 Å². The lowest BCUT2D eigenvalue weighted by molar-refractivity contribution is -0.115. The molecule has 0 bridgehead atoms. The summed E-state index contributed by atoms with van der Waals surface area (Å²) in [6.45, 7) is 1.86. The molecule has 1 aromatic heterocycles. The maximum absolute atomic E-state index is 11.9. The third-order valence-electron chi connectivity index (χ3n) is 2.59. The molecule has 2 rings (SSSR count). The molecule has 5 nitrogen and oxygen atoms in total. The van der Waals surface area contributed by atoms with Gasteiger partial charge in [0, 0.05) is 22.5 Å². The molecule has 0 radical (unpaired) electrons. The van der Waals surface area contributed by atoms with Gasteiger partial charge in [-0.1, -0.05) is 17.7 Å². The van der Waals surface area contributed by atoms with Gasteiger partial charge in [0.05, 0.1) is 13.5 Å². The number of aromatic nitrogens is 2. The molecule has 6 heteroatoms. The Morgan fingerprint density at radius 2 is 2.32 bits per heavy atom. The third-order valence-corrected chi connectivity index (χ3v) is 2.95. The minimum atomic E-state index is -0.208. The predicted molar refractivity (Wildman–Crippen MR) is 73.7 cm³/mol. The standard InChI is InChI=1S/C13H14ClN3O2/c1-8-7-15-13(16-8)17-12(18)6-9-10(14)4-3-5-11(9)19-2/h3-5,7H,6H2,1-2H3,(H2,15,16,17,18). The number of anilines is 1. The quantitative estimate of drug-likeness (QED) is 0.904. The lowest BCUT2D eigenvalue weighted by Crippen LogP contribution is -2.16. The summed E-state index contributed by atoms with van der Waals surface area (Å²) in [5.41, 5.74) is 1.54. The van der Waals surface area contributed by atoms with Crippen LogP contribution in [0.5, 0.6) is 5.75 Å². The molecular weight excluding hydrogens is 266 g/mol. The minimum Gasteiger partial charge on any atom is -0.496 e. The van der Waals surface area contributed by atoms with E-state index < -0.39 is 0 Å². The highest BCUT2D eigenvalue weighted by molar-refractivity contribution is 6.31. The van der Waals surface area contributed by atoms with Crippen molar-refractivity contribution in [3.8, 4) is 5.75 Å². The van der Waals surface area contributed by atoms with Gasteiger partial charge >= 0.3 is 0 Å². The summed E-state index contributed by atoms with van der Waals surface area (Å²) in [7, 11) is 1.54. The van der Waals surface area contributed by atoms with Crippen molar-refractivity contribution in [2.24, 2.45) is 0 Å². The Morgan fingerprint density at radius 1 is 1.53 bits per heavy atom. The fourth-order valence-corrected chi connectivity index (χ4v) is 1.95. The Bertz CT molecular complexity index is 595. The van der Waals surface area contributed by atoms with Gasteiger partial charge in [0.1, 0.15) is 5.75 Å². The van der Waals surface area contributed by atoms with Gasteiger partial charge in [0.25, 0.3) is 0 Å². The zero-order chi connectivity index (χ0) is 13.8. The number of carbonyl (C=O) groups excluding carboxylic acids is 1. The summed E-state index contributed by atoms with van der Waals surface area (Å²) in [6, 6.07) is 5.27. The van der Waals surface area contributed by atoms with Crippen molar-refractivity contribution in [2.45, 2.75) is 13.3 Å². The number of benzene rings is 1. The van der Waals surface area contributed by atoms with Crippen LogP contribution in [0, 0.1) is 6.92 Å². The summed E-state index contributed by atoms with van der Waals surface area (Å²) in [4.78, 5) is 18.9. The second-order valence-electron chi connectivity index (χ2n) is 4.06. The van der Waals surface area contributed by atoms with Gasteiger partial charge in [0.2, 0.25) is 11.9 Å². The van der Waals surface area contributed by atoms with Crippen LogP contribution in [0.15, 0.2) is 24.4 Å². The van der Waals surface area contributed by atoms with E-state index in [1.165, 1.54) is 0 Å². The molecule has 0 aliphatic heterocycles. The molecule has 0 aliphatic rings. The number of hydrogen-bond acceptors (Lipinski definition) is 3. The van der Waals surface area contributed by atoms with E-state index in [0.717, 1.165) is 5.69 Å². The average molecular weight is 280 g/mol. The summed E-state index contributed by atoms with van der Waals surface area (Å²) in [5, 5.41) is 3.17. The van der Waals surface area contributed by atoms with E-state index in [9.17, 15) is 4.79 Å². The summed E-state index contributed by atoms with van der Waals surface area (Å²) in [5.74, 6) is 0.813. The lowest BCUT2D eigenvalue weighted by atomic mass is 10.1. The predicted octanol–water partition coefficient (Wildman–Crippen LogP) is 2.56. The van der Waals surface area contributed by atoms with Gasteiger partial charge in [-0.15, -0.1) is 0 Å². The van der Waals surface area contributed by atoms with Gasteiger partial charge < -0.3 is 9.72 Å². The van der Waals surface area contributed by atoms with Gasteiger partial charge in [-0.05, 0) is 19.1 Å². The van der Waals surface area contributed by atoms with E-state index in [0.29, 0.717) is 22.3 Å². The van der Waals surface area contributed by atoms with Gasteiger partial charge in [-0.25, -0.2) is 4.98 Å². The van der Waals surface area contributed by atoms with Crippen LogP contribution in [-0.4, -0.2) is 23.0 Å². The van der Waals surface area contributed by atoms with Crippen LogP contribution in [0.25, 0.3) is 0 Å². The number of imidazole rings is 1. The molecule has 0 fully saturated rings. The third kappa shape index (κ3) is 3.26. The monoisotopic (exact) mass is 279 g/mol. The van der Waals surface area contributed by atoms with E-state index in [4.69, 9.17) is 16.3 Å². The van der Waals surface area contributed by atoms with Crippen molar-refractivity contribution in [1.29, 1.82) is 0 Å². The molecule has 0 aliphatic carbocycles. The van der Waals surface area contributed by atoms with E-state index in [1.54, 1.807) is 31.5 Å². The smallest absolute Gasteiger partial charge is 0.231 e. The van der Waals surface area contributed by atoms with Crippen molar-refractivity contribution in [1.82, 2.24) is 9.97 Å². The highest BCUT2D eigenvalue weighted by atomic mass is 35.5. The maximum atomic E-state index is 11.9. The number of nitrogens with one attached hydrogen (secondary N) is 2. The van der Waals surface area contributed by atoms with Crippen LogP contribution in [0.1, 0.15) is 11.3 Å². The molecule has 0 atom stereocenters. The first-order chi connectivity index (χ1) is 9.10. The SMILES string of the molecule is COc1cccc(Cl)c1CC(=O)Nc1ncc(C)[nH]1. The lowest BCUT2D eigenvalue weighted by Gasteiger charge is -2.09. The average Bonchev–Trinajstić information content (AvgIpc) is 2.77. The first kappa shape index (κ1) is 13.4. The molecule has 100 valence electrons. The second kappa shape index (κ2) is 5.75. The summed E-state index contributed by atoms with van der Waals surface area (Å²) >= 11 is 6.08. The van der Waals surface area contributed by atoms with E-state index in [2.05, 4.69) is 15.3 Å². The molecule has 0 unspecified atom stereocenters. The fourth-order valence-electron chi connectivity index (χ4n) is 1.71. The zero-order valence-electron chi connectivity index (χ0n) is 10.7. The molecule has 1 aromatic carbocycles. The topological polar surface area (TPSA) is 67.0 Å². The number of rotatable bonds is 4. The van der Waals surface area contributed by atoms with Crippen molar-refractivity contribution >= 4 is 23.5 Å². The van der Waals surface area contributed by atoms with E-state index in [1.807, 2.05) is 6.92 Å². The zero-order valence-corrected chi connectivity index (χ0v) is 11.4. The van der Waals surface area contributed by atoms with Crippen molar-refractivity contribution in [3.05, 3.63) is 40.7 Å². The number of carbonyl (C=O) groups is 1. The number of amides is 1. The highest BCUT2D eigenvalue weighted by Crippen LogP contribution is 2.26. The molecule has 19 heavy (non-hydrogen) atoms. The Hall–Kier alpha value is -2.01. The number of ether oxygens (including phenoxy) is 1. The Balaban J connectivity index is 2.11. The molecule has 0 saturated heterocycles. The van der Waals surface area contributed by atoms with Crippen LogP contribution in [0.3, 0.4) is 0 Å². The first-order valence-electron chi connectivity index (χ1n) is 5.73. The number of aryl methyl sites for hydroxylation is 1. The molecule has 2 N–H and O–H groups in total. The summed E-state index contributed by atoms with van der Waals surface area (Å²) < 4.78 is 5.19. The number of nitrogens with zero attached hydrogens (tertiary/aromatic N) is 1. The molecule has 0 spiro atoms. The Kier molecular flexibility index (Phi) is 4.06. The minimum absolute atomic E-state index is 0.128. The van der Waals surface area contributed by atoms with Crippen molar-refractivity contribution in [2.75, 3.05) is 12.4 Å². The van der Waals surface area contributed by atoms with Crippen LogP contribution in [0.2, 0.25) is 5.02 Å². The highest BCUT2D eigenvalue weighted by Gasteiger charge is 2.13. The molecule has 2 aromatic rings. The van der Waals surface area contributed by atoms with Gasteiger partial charge in [-0.3, -0.25) is 10.1 Å². The molecule has 1 amide bonds. The molecular formula is C13H14ClN3O2. The summed E-state index contributed by atoms with van der Waals surface area (Å²) in [6.07, 6.45) is 1.77. The number of hydrogen-bond donors (Lipinski definition) is 2. The van der Waals surface area contributed by atoms with Crippen LogP contribution in [-0.2, 0) is 11.2 Å². The van der Waals surface area contributed by atoms with Crippen molar-refractivity contribution in [3.63, 3.8) is 0 Å². The largest absolute Gasteiger partial charge is 0.496 e. The maximum Gasteiger partial charge on any atom is 0.231 e. The van der Waals surface area contributed by atoms with Crippen LogP contribution >= 0.6 is 11.6 Å². The number of H-pyrrole nitrogens is 1. The van der Waals surface area contributed by atoms with Crippen LogP contribution in [0.4, 0.5) is 5.95 Å². The Labute approximate surface area is 116 Å². The number of halogens is 1. The normalized spacial score (nSPS) is 10.3. The number of aromatic amines is 1. The fraction of sp³-hybridized carbons (Fsp3) is 0.231. The second-order valence-corrected chi connectivity index (χ2v) is 4.47. The van der Waals surface area contributed by atoms with Crippen LogP contribution < -0.4 is 10.1 Å². The van der Waals surface area contributed by atoms with E-state index in [-0.39, 0.29) is 12.3 Å². The van der Waals surface area contributed by atoms with E-state index >= 15 is 0 Å². The first-order valence-corrected chi connectivity index (χ1v) is 6.11. The molecule has 0 saturated carbocycles. The number of methoxy groups -OCH3 is 1. The molecule has 1 heterocycles.